The molecule has 2 heterocycles. The molecule has 2 nitrogen and oxygen atoms in total. The van der Waals surface area contributed by atoms with Gasteiger partial charge in [0.2, 0.25) is 0 Å². The zero-order valence-electron chi connectivity index (χ0n) is 23.8. The van der Waals surface area contributed by atoms with Crippen molar-refractivity contribution < 1.29 is 17.6 Å². The van der Waals surface area contributed by atoms with Crippen LogP contribution in [0, 0.1) is 29.3 Å². The molecule has 0 spiro atoms. The van der Waals surface area contributed by atoms with Crippen molar-refractivity contribution in [3.8, 4) is 0 Å². The van der Waals surface area contributed by atoms with E-state index in [0.29, 0.717) is 17.1 Å². The molecule has 7 heteroatoms. The van der Waals surface area contributed by atoms with Crippen molar-refractivity contribution >= 4 is 22.3 Å². The predicted octanol–water partition coefficient (Wildman–Crippen LogP) is 7.82. The second-order valence-corrected chi connectivity index (χ2v) is 20.7. The summed E-state index contributed by atoms with van der Waals surface area (Å²) in [5.74, 6) is -2.66. The van der Waals surface area contributed by atoms with Gasteiger partial charge in [-0.1, -0.05) is 69.8 Å². The zero-order valence-corrected chi connectivity index (χ0v) is 25.8. The minimum absolute atomic E-state index is 0.0971. The Morgan fingerprint density at radius 1 is 1.00 bits per heavy atom. The molecule has 0 amide bonds. The van der Waals surface area contributed by atoms with Crippen LogP contribution in [0.15, 0.2) is 23.8 Å². The van der Waals surface area contributed by atoms with Crippen LogP contribution in [0.1, 0.15) is 72.1 Å². The quantitative estimate of drug-likeness (QED) is 0.203. The molecule has 3 fully saturated rings. The maximum atomic E-state index is 14.2. The van der Waals surface area contributed by atoms with Crippen LogP contribution in [0.2, 0.25) is 30.7 Å². The first-order chi connectivity index (χ1) is 17.4. The van der Waals surface area contributed by atoms with E-state index in [1.165, 1.54) is 62.7 Å². The molecule has 2 saturated heterocycles. The Hall–Kier alpha value is -0.896. The molecule has 3 atom stereocenters. The summed E-state index contributed by atoms with van der Waals surface area (Å²) in [5, 5.41) is 0.737. The molecule has 1 aromatic rings. The van der Waals surface area contributed by atoms with Gasteiger partial charge >= 0.3 is 0 Å². The van der Waals surface area contributed by atoms with E-state index in [0.717, 1.165) is 25.6 Å². The van der Waals surface area contributed by atoms with Crippen LogP contribution in [0.3, 0.4) is 0 Å². The molecule has 0 aromatic heterocycles. The third-order valence-electron chi connectivity index (χ3n) is 9.64. The van der Waals surface area contributed by atoms with Gasteiger partial charge in [-0.15, -0.1) is 0 Å². The number of allylic oxidation sites excluding steroid dienone is 1. The van der Waals surface area contributed by atoms with Gasteiger partial charge in [0, 0.05) is 18.5 Å². The average molecular weight is 551 g/mol. The maximum absolute atomic E-state index is 14.2. The lowest BCUT2D eigenvalue weighted by molar-refractivity contribution is -0.00880. The standard InChI is InChI=1S/C30H47F3NOSi2/c1-30(2,3)37(5,6)35-29-24(20-36(4)23-17-25(31)28(33)26(32)18-23)22(16-21-12-8-7-9-13-21)19-34-15-11-10-14-27(29)34/h16-18,21,24,27,29H,7-15,19-20H2,1-6H3/b22-16-/t24-,27+,29+/m0/s1. The van der Waals surface area contributed by atoms with Gasteiger partial charge in [-0.05, 0) is 74.5 Å². The number of hydrogen-bond acceptors (Lipinski definition) is 2. The number of hydrogen-bond donors (Lipinski definition) is 0. The Morgan fingerprint density at radius 2 is 1.62 bits per heavy atom. The fraction of sp³-hybridized carbons (Fsp3) is 0.733. The molecule has 2 aliphatic heterocycles. The lowest BCUT2D eigenvalue weighted by Gasteiger charge is -2.53. The number of piperidine rings is 2. The largest absolute Gasteiger partial charge is 0.412 e. The average Bonchev–Trinajstić information content (AvgIpc) is 2.84. The van der Waals surface area contributed by atoms with E-state index in [2.05, 4.69) is 51.4 Å². The highest BCUT2D eigenvalue weighted by Crippen LogP contribution is 2.44. The summed E-state index contributed by atoms with van der Waals surface area (Å²) in [6.07, 6.45) is 12.7. The lowest BCUT2D eigenvalue weighted by atomic mass is 9.78. The van der Waals surface area contributed by atoms with E-state index >= 15 is 0 Å². The third kappa shape index (κ3) is 6.64. The van der Waals surface area contributed by atoms with Crippen molar-refractivity contribution in [2.24, 2.45) is 11.8 Å². The maximum Gasteiger partial charge on any atom is 0.194 e. The van der Waals surface area contributed by atoms with Crippen LogP contribution >= 0.6 is 0 Å². The first kappa shape index (κ1) is 29.1. The second-order valence-electron chi connectivity index (χ2n) is 13.4. The highest BCUT2D eigenvalue weighted by Gasteiger charge is 2.48. The van der Waals surface area contributed by atoms with Gasteiger partial charge in [0.05, 0.1) is 14.9 Å². The van der Waals surface area contributed by atoms with Gasteiger partial charge in [-0.25, -0.2) is 13.2 Å². The summed E-state index contributed by atoms with van der Waals surface area (Å²) < 4.78 is 49.4. The van der Waals surface area contributed by atoms with Gasteiger partial charge in [-0.3, -0.25) is 4.90 Å². The first-order valence-corrected chi connectivity index (χ1v) is 19.6. The molecule has 4 rings (SSSR count). The monoisotopic (exact) mass is 550 g/mol. The summed E-state index contributed by atoms with van der Waals surface area (Å²) >= 11 is 0. The summed E-state index contributed by atoms with van der Waals surface area (Å²) in [6, 6.07) is 3.72. The Morgan fingerprint density at radius 3 is 2.24 bits per heavy atom. The SMILES string of the molecule is C[Si](C[C@H]1/C(=C\C2CCCCC2)CN2CCCC[C@@H]2[C@@H]1O[Si](C)(C)C(C)(C)C)c1cc(F)c(F)c(F)c1. The van der Waals surface area contributed by atoms with E-state index in [9.17, 15) is 13.2 Å². The predicted molar refractivity (Wildman–Crippen MR) is 152 cm³/mol. The summed E-state index contributed by atoms with van der Waals surface area (Å²) in [6.45, 7) is 15.8. The molecule has 1 saturated carbocycles. The molecule has 1 aliphatic carbocycles. The van der Waals surface area contributed by atoms with Gasteiger partial charge in [0.15, 0.2) is 25.8 Å². The summed E-state index contributed by atoms with van der Waals surface area (Å²) in [5.41, 5.74) is 1.49. The molecule has 1 radical (unpaired) electrons. The van der Waals surface area contributed by atoms with Gasteiger partial charge in [0.25, 0.3) is 0 Å². The molecular formula is C30H47F3NOSi2. The van der Waals surface area contributed by atoms with E-state index < -0.39 is 34.6 Å². The number of fused-ring (bicyclic) bond motifs is 1. The Balaban J connectivity index is 1.72. The normalized spacial score (nSPS) is 27.6. The number of benzene rings is 1. The molecule has 0 unspecified atom stereocenters. The summed E-state index contributed by atoms with van der Waals surface area (Å²) in [7, 11) is -3.39. The number of halogens is 3. The fourth-order valence-electron chi connectivity index (χ4n) is 6.37. The van der Waals surface area contributed by atoms with Crippen molar-refractivity contribution in [1.82, 2.24) is 4.90 Å². The molecule has 0 N–H and O–H groups in total. The van der Waals surface area contributed by atoms with Crippen molar-refractivity contribution in [2.75, 3.05) is 13.1 Å². The highest BCUT2D eigenvalue weighted by molar-refractivity contribution is 6.74. The van der Waals surface area contributed by atoms with Crippen LogP contribution in [-0.4, -0.2) is 47.2 Å². The van der Waals surface area contributed by atoms with Crippen molar-refractivity contribution in [2.45, 2.75) is 115 Å². The Labute approximate surface area is 225 Å². The van der Waals surface area contributed by atoms with Crippen LogP contribution in [0.25, 0.3) is 0 Å². The van der Waals surface area contributed by atoms with Crippen molar-refractivity contribution in [1.29, 1.82) is 0 Å². The van der Waals surface area contributed by atoms with E-state index in [4.69, 9.17) is 4.43 Å². The minimum Gasteiger partial charge on any atom is -0.412 e. The topological polar surface area (TPSA) is 12.5 Å². The lowest BCUT2D eigenvalue weighted by Crippen LogP contribution is -2.60. The van der Waals surface area contributed by atoms with Gasteiger partial charge in [0.1, 0.15) is 0 Å². The first-order valence-electron chi connectivity index (χ1n) is 14.5. The van der Waals surface area contributed by atoms with Crippen molar-refractivity contribution in [3.63, 3.8) is 0 Å². The van der Waals surface area contributed by atoms with E-state index in [-0.39, 0.29) is 17.1 Å². The van der Waals surface area contributed by atoms with Crippen LogP contribution < -0.4 is 5.19 Å². The van der Waals surface area contributed by atoms with Gasteiger partial charge < -0.3 is 4.43 Å². The van der Waals surface area contributed by atoms with E-state index in [1.54, 1.807) is 0 Å². The Kier molecular flexibility index (Phi) is 9.19. The molecule has 3 aliphatic rings. The van der Waals surface area contributed by atoms with Crippen LogP contribution in [0.5, 0.6) is 0 Å². The fourth-order valence-corrected chi connectivity index (χ4v) is 9.86. The molecular weight excluding hydrogens is 504 g/mol. The van der Waals surface area contributed by atoms with Crippen LogP contribution in [0.4, 0.5) is 13.2 Å². The smallest absolute Gasteiger partial charge is 0.194 e. The Bertz CT molecular complexity index is 947. The highest BCUT2D eigenvalue weighted by atomic mass is 28.4. The molecule has 37 heavy (non-hydrogen) atoms. The van der Waals surface area contributed by atoms with Crippen molar-refractivity contribution in [3.05, 3.63) is 41.2 Å². The molecule has 1 aromatic carbocycles. The molecule has 0 bridgehead atoms. The van der Waals surface area contributed by atoms with Gasteiger partial charge in [-0.2, -0.15) is 0 Å². The third-order valence-corrected chi connectivity index (χ3v) is 16.4. The number of rotatable bonds is 6. The minimum atomic E-state index is -2.06. The van der Waals surface area contributed by atoms with Crippen LogP contribution in [-0.2, 0) is 4.43 Å². The zero-order chi connectivity index (χ0) is 27.0. The number of nitrogens with zero attached hydrogens (tertiary/aromatic N) is 1. The second kappa shape index (κ2) is 11.7. The molecule has 207 valence electrons. The van der Waals surface area contributed by atoms with E-state index in [1.807, 2.05) is 0 Å². The summed E-state index contributed by atoms with van der Waals surface area (Å²) in [4.78, 5) is 2.67.